The molecule has 1 fully saturated rings. The number of carbonyl (C=O) groups excluding carboxylic acids is 1. The van der Waals surface area contributed by atoms with Crippen LogP contribution in [0.3, 0.4) is 0 Å². The van der Waals surface area contributed by atoms with Gasteiger partial charge in [0.2, 0.25) is 5.91 Å². The molecule has 4 nitrogen and oxygen atoms in total. The average Bonchev–Trinajstić information content (AvgIpc) is 2.61. The van der Waals surface area contributed by atoms with Gasteiger partial charge >= 0.3 is 0 Å². The van der Waals surface area contributed by atoms with Crippen LogP contribution in [0.1, 0.15) is 12.8 Å². The number of amides is 1. The van der Waals surface area contributed by atoms with Crippen LogP contribution in [0.25, 0.3) is 0 Å². The van der Waals surface area contributed by atoms with Crippen LogP contribution in [-0.4, -0.2) is 62.5 Å². The van der Waals surface area contributed by atoms with Gasteiger partial charge in [0.25, 0.3) is 0 Å². The molecule has 0 saturated carbocycles. The van der Waals surface area contributed by atoms with Crippen molar-refractivity contribution in [2.24, 2.45) is 0 Å². The van der Waals surface area contributed by atoms with E-state index in [9.17, 15) is 4.79 Å². The molecule has 1 atom stereocenters. The third-order valence-corrected chi connectivity index (χ3v) is 2.75. The summed E-state index contributed by atoms with van der Waals surface area (Å²) < 4.78 is 0. The largest absolute Gasteiger partial charge is 0.358 e. The summed E-state index contributed by atoms with van der Waals surface area (Å²) in [5.74, 6) is 0.168. The number of likely N-dealkylation sites (N-methyl/N-ethyl adjacent to an activating group) is 2. The fourth-order valence-corrected chi connectivity index (χ4v) is 1.89. The molecular formula is C10H21N3O. The Kier molecular flexibility index (Phi) is 4.35. The Morgan fingerprint density at radius 2 is 2.29 bits per heavy atom. The zero-order valence-electron chi connectivity index (χ0n) is 9.42. The van der Waals surface area contributed by atoms with E-state index in [0.29, 0.717) is 0 Å². The van der Waals surface area contributed by atoms with Gasteiger partial charge in [0.05, 0.1) is 6.04 Å². The van der Waals surface area contributed by atoms with Crippen molar-refractivity contribution in [2.75, 3.05) is 40.8 Å². The molecule has 1 amide bonds. The van der Waals surface area contributed by atoms with Crippen LogP contribution in [0.4, 0.5) is 0 Å². The summed E-state index contributed by atoms with van der Waals surface area (Å²) in [7, 11) is 5.83. The van der Waals surface area contributed by atoms with Gasteiger partial charge in [-0.05, 0) is 33.5 Å². The lowest BCUT2D eigenvalue weighted by atomic mass is 10.2. The summed E-state index contributed by atoms with van der Waals surface area (Å²) in [5.41, 5.74) is 0. The molecule has 4 heteroatoms. The molecule has 1 aliphatic rings. The standard InChI is InChI=1S/C10H21N3O/c1-11-10(14)9-5-4-6-13(9)8-7-12(2)3/h9H,4-8H2,1-3H3,(H,11,14). The molecule has 1 N–H and O–H groups in total. The van der Waals surface area contributed by atoms with Gasteiger partial charge in [-0.3, -0.25) is 9.69 Å². The fraction of sp³-hybridized carbons (Fsp3) is 0.900. The maximum absolute atomic E-state index is 11.5. The zero-order chi connectivity index (χ0) is 10.6. The van der Waals surface area contributed by atoms with Crippen molar-refractivity contribution in [3.05, 3.63) is 0 Å². The van der Waals surface area contributed by atoms with Crippen LogP contribution in [0, 0.1) is 0 Å². The highest BCUT2D eigenvalue weighted by Gasteiger charge is 2.29. The van der Waals surface area contributed by atoms with Crippen LogP contribution in [0.2, 0.25) is 0 Å². The van der Waals surface area contributed by atoms with Gasteiger partial charge in [0.1, 0.15) is 0 Å². The van der Waals surface area contributed by atoms with Crippen molar-refractivity contribution in [3.63, 3.8) is 0 Å². The second-order valence-corrected chi connectivity index (χ2v) is 4.11. The van der Waals surface area contributed by atoms with E-state index in [4.69, 9.17) is 0 Å². The van der Waals surface area contributed by atoms with E-state index in [1.807, 2.05) is 0 Å². The zero-order valence-corrected chi connectivity index (χ0v) is 9.42. The second kappa shape index (κ2) is 5.32. The summed E-state index contributed by atoms with van der Waals surface area (Å²) in [6.45, 7) is 3.07. The van der Waals surface area contributed by atoms with Crippen LogP contribution >= 0.6 is 0 Å². The van der Waals surface area contributed by atoms with Crippen molar-refractivity contribution < 1.29 is 4.79 Å². The van der Waals surface area contributed by atoms with E-state index in [2.05, 4.69) is 29.2 Å². The highest BCUT2D eigenvalue weighted by molar-refractivity contribution is 5.81. The molecule has 0 spiro atoms. The molecule has 82 valence electrons. The Labute approximate surface area is 86.2 Å². The number of likely N-dealkylation sites (tertiary alicyclic amines) is 1. The number of hydrogen-bond acceptors (Lipinski definition) is 3. The van der Waals surface area contributed by atoms with Crippen LogP contribution in [0.5, 0.6) is 0 Å². The van der Waals surface area contributed by atoms with Crippen LogP contribution < -0.4 is 5.32 Å². The van der Waals surface area contributed by atoms with E-state index < -0.39 is 0 Å². The Hall–Kier alpha value is -0.610. The van der Waals surface area contributed by atoms with E-state index in [-0.39, 0.29) is 11.9 Å². The lowest BCUT2D eigenvalue weighted by Gasteiger charge is -2.24. The molecule has 1 saturated heterocycles. The molecule has 1 unspecified atom stereocenters. The number of carbonyl (C=O) groups is 1. The summed E-state index contributed by atoms with van der Waals surface area (Å²) in [6.07, 6.45) is 2.15. The highest BCUT2D eigenvalue weighted by atomic mass is 16.2. The lowest BCUT2D eigenvalue weighted by Crippen LogP contribution is -2.44. The topological polar surface area (TPSA) is 35.6 Å². The number of nitrogens with zero attached hydrogens (tertiary/aromatic N) is 2. The van der Waals surface area contributed by atoms with Crippen molar-refractivity contribution >= 4 is 5.91 Å². The van der Waals surface area contributed by atoms with Crippen molar-refractivity contribution in [2.45, 2.75) is 18.9 Å². The molecular weight excluding hydrogens is 178 g/mol. The smallest absolute Gasteiger partial charge is 0.237 e. The summed E-state index contributed by atoms with van der Waals surface area (Å²) in [4.78, 5) is 15.9. The fourth-order valence-electron chi connectivity index (χ4n) is 1.89. The van der Waals surface area contributed by atoms with Crippen LogP contribution in [0.15, 0.2) is 0 Å². The molecule has 0 aromatic rings. The van der Waals surface area contributed by atoms with Crippen molar-refractivity contribution in [3.8, 4) is 0 Å². The average molecular weight is 199 g/mol. The minimum atomic E-state index is 0.111. The lowest BCUT2D eigenvalue weighted by molar-refractivity contribution is -0.125. The Balaban J connectivity index is 2.39. The first kappa shape index (κ1) is 11.5. The number of nitrogens with one attached hydrogen (secondary N) is 1. The third-order valence-electron chi connectivity index (χ3n) is 2.75. The molecule has 0 bridgehead atoms. The normalized spacial score (nSPS) is 23.0. The monoisotopic (exact) mass is 199 g/mol. The van der Waals surface area contributed by atoms with Crippen molar-refractivity contribution in [1.29, 1.82) is 0 Å². The molecule has 1 rings (SSSR count). The first-order chi connectivity index (χ1) is 6.65. The van der Waals surface area contributed by atoms with Gasteiger partial charge in [0.15, 0.2) is 0 Å². The summed E-state index contributed by atoms with van der Waals surface area (Å²) in [5, 5.41) is 2.73. The van der Waals surface area contributed by atoms with Gasteiger partial charge < -0.3 is 10.2 Å². The predicted octanol–water partition coefficient (Wildman–Crippen LogP) is -0.242. The molecule has 0 aromatic carbocycles. The van der Waals surface area contributed by atoms with E-state index in [1.165, 1.54) is 0 Å². The maximum Gasteiger partial charge on any atom is 0.237 e. The Morgan fingerprint density at radius 3 is 2.86 bits per heavy atom. The third kappa shape index (κ3) is 2.96. The van der Waals surface area contributed by atoms with E-state index in [0.717, 1.165) is 32.5 Å². The summed E-state index contributed by atoms with van der Waals surface area (Å²) in [6, 6.07) is 0.111. The quantitative estimate of drug-likeness (QED) is 0.678. The minimum Gasteiger partial charge on any atom is -0.358 e. The SMILES string of the molecule is CNC(=O)C1CCCN1CCN(C)C. The van der Waals surface area contributed by atoms with Crippen molar-refractivity contribution in [1.82, 2.24) is 15.1 Å². The predicted molar refractivity (Wildman–Crippen MR) is 57.2 cm³/mol. The first-order valence-electron chi connectivity index (χ1n) is 5.25. The summed E-state index contributed by atoms with van der Waals surface area (Å²) >= 11 is 0. The Morgan fingerprint density at radius 1 is 1.57 bits per heavy atom. The van der Waals surface area contributed by atoms with Crippen LogP contribution in [-0.2, 0) is 4.79 Å². The second-order valence-electron chi connectivity index (χ2n) is 4.11. The van der Waals surface area contributed by atoms with Gasteiger partial charge in [0, 0.05) is 20.1 Å². The van der Waals surface area contributed by atoms with Gasteiger partial charge in [-0.1, -0.05) is 0 Å². The number of hydrogen-bond donors (Lipinski definition) is 1. The molecule has 0 aromatic heterocycles. The molecule has 0 aliphatic carbocycles. The minimum absolute atomic E-state index is 0.111. The first-order valence-corrected chi connectivity index (χ1v) is 5.25. The van der Waals surface area contributed by atoms with E-state index in [1.54, 1.807) is 7.05 Å². The molecule has 1 aliphatic heterocycles. The van der Waals surface area contributed by atoms with Gasteiger partial charge in [-0.2, -0.15) is 0 Å². The molecule has 1 heterocycles. The maximum atomic E-state index is 11.5. The van der Waals surface area contributed by atoms with Gasteiger partial charge in [-0.15, -0.1) is 0 Å². The molecule has 14 heavy (non-hydrogen) atoms. The number of rotatable bonds is 4. The van der Waals surface area contributed by atoms with Gasteiger partial charge in [-0.25, -0.2) is 0 Å². The molecule has 0 radical (unpaired) electrons. The highest BCUT2D eigenvalue weighted by Crippen LogP contribution is 2.16. The Bertz CT molecular complexity index is 194. The van der Waals surface area contributed by atoms with E-state index >= 15 is 0 Å².